The quantitative estimate of drug-likeness (QED) is 0.598. The van der Waals surface area contributed by atoms with Gasteiger partial charge in [-0.15, -0.1) is 0 Å². The molecule has 66 valence electrons. The third kappa shape index (κ3) is 2.17. The Morgan fingerprint density at radius 3 is 2.82 bits per heavy atom. The second kappa shape index (κ2) is 3.55. The van der Waals surface area contributed by atoms with Crippen LogP contribution in [0.3, 0.4) is 0 Å². The van der Waals surface area contributed by atoms with E-state index < -0.39 is 0 Å². The molecule has 1 aliphatic rings. The van der Waals surface area contributed by atoms with Crippen molar-refractivity contribution in [3.8, 4) is 0 Å². The number of aliphatic hydroxyl groups is 1. The highest BCUT2D eigenvalue weighted by molar-refractivity contribution is 4.85. The predicted molar refractivity (Wildman–Crippen MR) is 46.5 cm³/mol. The van der Waals surface area contributed by atoms with Crippen molar-refractivity contribution in [3.63, 3.8) is 0 Å². The molecule has 0 aromatic heterocycles. The molecule has 0 radical (unpaired) electrons. The molecule has 2 nitrogen and oxygen atoms in total. The Morgan fingerprint density at radius 2 is 2.18 bits per heavy atom. The van der Waals surface area contributed by atoms with Gasteiger partial charge in [0.1, 0.15) is 0 Å². The van der Waals surface area contributed by atoms with Crippen LogP contribution >= 0.6 is 0 Å². The average Bonchev–Trinajstić information content (AvgIpc) is 2.10. The molecule has 0 aliphatic carbocycles. The summed E-state index contributed by atoms with van der Waals surface area (Å²) in [4.78, 5) is 0. The van der Waals surface area contributed by atoms with Gasteiger partial charge in [-0.3, -0.25) is 0 Å². The molecule has 11 heavy (non-hydrogen) atoms. The number of nitrogens with one attached hydrogen (secondary N) is 1. The van der Waals surface area contributed by atoms with Crippen molar-refractivity contribution in [3.05, 3.63) is 0 Å². The van der Waals surface area contributed by atoms with E-state index in [0.29, 0.717) is 6.04 Å². The second-order valence-electron chi connectivity index (χ2n) is 4.13. The number of aliphatic hydroxyl groups excluding tert-OH is 1. The fraction of sp³-hybridized carbons (Fsp3) is 1.00. The van der Waals surface area contributed by atoms with E-state index >= 15 is 0 Å². The van der Waals surface area contributed by atoms with E-state index in [1.807, 2.05) is 0 Å². The predicted octanol–water partition coefficient (Wildman–Crippen LogP) is 1.15. The van der Waals surface area contributed by atoms with Gasteiger partial charge in [-0.2, -0.15) is 0 Å². The summed E-state index contributed by atoms with van der Waals surface area (Å²) in [7, 11) is 0. The van der Waals surface area contributed by atoms with Gasteiger partial charge in [0.15, 0.2) is 0 Å². The molecule has 1 aliphatic heterocycles. The van der Waals surface area contributed by atoms with E-state index in [1.165, 1.54) is 19.3 Å². The fourth-order valence-corrected chi connectivity index (χ4v) is 1.74. The standard InChI is InChI=1S/C9H19NO/c1-9(2)5-3-4-6-10-8(9)7-11/h8,10-11H,3-7H2,1-2H3. The van der Waals surface area contributed by atoms with Crippen LogP contribution in [0.2, 0.25) is 0 Å². The van der Waals surface area contributed by atoms with Crippen molar-refractivity contribution in [2.24, 2.45) is 5.41 Å². The molecule has 1 atom stereocenters. The molecule has 2 N–H and O–H groups in total. The van der Waals surface area contributed by atoms with E-state index in [9.17, 15) is 0 Å². The van der Waals surface area contributed by atoms with E-state index in [-0.39, 0.29) is 12.0 Å². The Hall–Kier alpha value is -0.0800. The van der Waals surface area contributed by atoms with Gasteiger partial charge in [-0.05, 0) is 24.8 Å². The highest BCUT2D eigenvalue weighted by Crippen LogP contribution is 2.29. The third-order valence-corrected chi connectivity index (χ3v) is 2.76. The van der Waals surface area contributed by atoms with E-state index in [0.717, 1.165) is 6.54 Å². The first-order chi connectivity index (χ1) is 5.17. The van der Waals surface area contributed by atoms with Crippen molar-refractivity contribution >= 4 is 0 Å². The van der Waals surface area contributed by atoms with Gasteiger partial charge in [0.2, 0.25) is 0 Å². The SMILES string of the molecule is CC1(C)CCCCNC1CO. The van der Waals surface area contributed by atoms with Crippen LogP contribution in [0.15, 0.2) is 0 Å². The van der Waals surface area contributed by atoms with Crippen LogP contribution < -0.4 is 5.32 Å². The molecule has 1 rings (SSSR count). The Labute approximate surface area is 69.0 Å². The van der Waals surface area contributed by atoms with Gasteiger partial charge in [0.05, 0.1) is 6.61 Å². The monoisotopic (exact) mass is 157 g/mol. The molecule has 0 aromatic rings. The summed E-state index contributed by atoms with van der Waals surface area (Å²) in [6.07, 6.45) is 3.77. The summed E-state index contributed by atoms with van der Waals surface area (Å²) in [5.41, 5.74) is 0.269. The number of rotatable bonds is 1. The van der Waals surface area contributed by atoms with Crippen LogP contribution in [0.4, 0.5) is 0 Å². The lowest BCUT2D eigenvalue weighted by molar-refractivity contribution is 0.148. The van der Waals surface area contributed by atoms with E-state index in [1.54, 1.807) is 0 Å². The topological polar surface area (TPSA) is 32.3 Å². The highest BCUT2D eigenvalue weighted by atomic mass is 16.3. The first-order valence-electron chi connectivity index (χ1n) is 4.51. The summed E-state index contributed by atoms with van der Waals surface area (Å²) >= 11 is 0. The maximum atomic E-state index is 9.09. The van der Waals surface area contributed by atoms with Crippen molar-refractivity contribution in [2.75, 3.05) is 13.2 Å². The van der Waals surface area contributed by atoms with Gasteiger partial charge in [0, 0.05) is 6.04 Å². The van der Waals surface area contributed by atoms with E-state index in [4.69, 9.17) is 5.11 Å². The lowest BCUT2D eigenvalue weighted by atomic mass is 9.81. The van der Waals surface area contributed by atoms with Crippen LogP contribution in [0.5, 0.6) is 0 Å². The summed E-state index contributed by atoms with van der Waals surface area (Å²) in [5, 5.41) is 12.5. The number of hydrogen-bond acceptors (Lipinski definition) is 2. The zero-order chi connectivity index (χ0) is 8.32. The molecule has 2 heteroatoms. The largest absolute Gasteiger partial charge is 0.395 e. The fourth-order valence-electron chi connectivity index (χ4n) is 1.74. The second-order valence-corrected chi connectivity index (χ2v) is 4.13. The summed E-state index contributed by atoms with van der Waals surface area (Å²) in [5.74, 6) is 0. The Morgan fingerprint density at radius 1 is 1.45 bits per heavy atom. The molecule has 0 aromatic carbocycles. The average molecular weight is 157 g/mol. The van der Waals surface area contributed by atoms with Gasteiger partial charge < -0.3 is 10.4 Å². The normalized spacial score (nSPS) is 31.4. The van der Waals surface area contributed by atoms with Crippen LogP contribution in [0, 0.1) is 5.41 Å². The molecule has 1 fully saturated rings. The molecular weight excluding hydrogens is 138 g/mol. The summed E-state index contributed by atoms with van der Waals surface area (Å²) in [6.45, 7) is 5.79. The van der Waals surface area contributed by atoms with Gasteiger partial charge in [0.25, 0.3) is 0 Å². The minimum absolute atomic E-state index is 0.269. The van der Waals surface area contributed by atoms with Crippen LogP contribution in [-0.2, 0) is 0 Å². The zero-order valence-corrected chi connectivity index (χ0v) is 7.56. The summed E-state index contributed by atoms with van der Waals surface area (Å²) < 4.78 is 0. The molecule has 0 spiro atoms. The van der Waals surface area contributed by atoms with Crippen molar-refractivity contribution in [1.29, 1.82) is 0 Å². The van der Waals surface area contributed by atoms with Crippen LogP contribution in [-0.4, -0.2) is 24.3 Å². The first kappa shape index (κ1) is 9.01. The van der Waals surface area contributed by atoms with Crippen LogP contribution in [0.1, 0.15) is 33.1 Å². The zero-order valence-electron chi connectivity index (χ0n) is 7.56. The molecule has 0 amide bonds. The molecular formula is C9H19NO. The van der Waals surface area contributed by atoms with Crippen molar-refractivity contribution in [2.45, 2.75) is 39.2 Å². The molecule has 1 unspecified atom stereocenters. The van der Waals surface area contributed by atoms with Gasteiger partial charge >= 0.3 is 0 Å². The minimum Gasteiger partial charge on any atom is -0.395 e. The van der Waals surface area contributed by atoms with Gasteiger partial charge in [-0.25, -0.2) is 0 Å². The lowest BCUT2D eigenvalue weighted by Gasteiger charge is -2.31. The highest BCUT2D eigenvalue weighted by Gasteiger charge is 2.29. The molecule has 1 heterocycles. The Kier molecular flexibility index (Phi) is 2.90. The smallest absolute Gasteiger partial charge is 0.0589 e. The Balaban J connectivity index is 2.56. The molecule has 0 saturated carbocycles. The first-order valence-corrected chi connectivity index (χ1v) is 4.51. The minimum atomic E-state index is 0.269. The van der Waals surface area contributed by atoms with Crippen LogP contribution in [0.25, 0.3) is 0 Å². The third-order valence-electron chi connectivity index (χ3n) is 2.76. The maximum Gasteiger partial charge on any atom is 0.0589 e. The molecule has 0 bridgehead atoms. The molecule has 1 saturated heterocycles. The Bertz CT molecular complexity index is 123. The lowest BCUT2D eigenvalue weighted by Crippen LogP contribution is -2.43. The maximum absolute atomic E-state index is 9.09. The van der Waals surface area contributed by atoms with E-state index in [2.05, 4.69) is 19.2 Å². The van der Waals surface area contributed by atoms with Crippen molar-refractivity contribution in [1.82, 2.24) is 5.32 Å². The van der Waals surface area contributed by atoms with Gasteiger partial charge in [-0.1, -0.05) is 20.3 Å². The van der Waals surface area contributed by atoms with Crippen molar-refractivity contribution < 1.29 is 5.11 Å². The summed E-state index contributed by atoms with van der Waals surface area (Å²) in [6, 6.07) is 0.296. The number of hydrogen-bond donors (Lipinski definition) is 2.